The van der Waals surface area contributed by atoms with Crippen LogP contribution in [0.4, 0.5) is 10.1 Å². The van der Waals surface area contributed by atoms with Gasteiger partial charge in [0, 0.05) is 37.7 Å². The highest BCUT2D eigenvalue weighted by atomic mass is 35.5. The first kappa shape index (κ1) is 21.2. The maximum atomic E-state index is 14.0. The van der Waals surface area contributed by atoms with Crippen molar-refractivity contribution in [2.24, 2.45) is 5.41 Å². The molecular formula is C25H22ClFN2O2S. The predicted molar refractivity (Wildman–Crippen MR) is 125 cm³/mol. The third kappa shape index (κ3) is 3.61. The lowest BCUT2D eigenvalue weighted by Crippen LogP contribution is -2.24. The number of nitrogens with one attached hydrogen (secondary N) is 2. The first-order valence-electron chi connectivity index (χ1n) is 10.5. The van der Waals surface area contributed by atoms with E-state index in [1.807, 2.05) is 5.38 Å². The number of hydrogen-bond acceptors (Lipinski definition) is 3. The van der Waals surface area contributed by atoms with Crippen LogP contribution < -0.4 is 10.6 Å². The zero-order valence-electron chi connectivity index (χ0n) is 17.7. The Morgan fingerprint density at radius 2 is 2.09 bits per heavy atom. The molecule has 1 aliphatic carbocycles. The van der Waals surface area contributed by atoms with Crippen molar-refractivity contribution in [2.45, 2.75) is 39.2 Å². The summed E-state index contributed by atoms with van der Waals surface area (Å²) in [6, 6.07) is 8.61. The molecule has 2 aromatic carbocycles. The molecule has 5 rings (SSSR count). The summed E-state index contributed by atoms with van der Waals surface area (Å²) in [6.07, 6.45) is 2.96. The van der Waals surface area contributed by atoms with Crippen LogP contribution in [-0.2, 0) is 12.8 Å². The topological polar surface area (TPSA) is 58.2 Å². The highest BCUT2D eigenvalue weighted by Gasteiger charge is 2.35. The van der Waals surface area contributed by atoms with E-state index in [-0.39, 0.29) is 17.2 Å². The largest absolute Gasteiger partial charge is 0.341 e. The second-order valence-corrected chi connectivity index (χ2v) is 10.6. The minimum Gasteiger partial charge on any atom is -0.341 e. The van der Waals surface area contributed by atoms with Gasteiger partial charge in [0.25, 0.3) is 11.8 Å². The van der Waals surface area contributed by atoms with E-state index in [2.05, 4.69) is 24.5 Å². The molecule has 32 heavy (non-hydrogen) atoms. The SMILES string of the molecule is CC1(C)CCc2scc(C(=O)Nc3cccc4c3C(c3cc(F)ccc3Cl)NC4=O)c2C1. The Balaban J connectivity index is 1.52. The number of thiophene rings is 1. The summed E-state index contributed by atoms with van der Waals surface area (Å²) in [5.41, 5.74) is 3.99. The van der Waals surface area contributed by atoms with Crippen molar-refractivity contribution in [1.82, 2.24) is 5.32 Å². The lowest BCUT2D eigenvalue weighted by atomic mass is 9.76. The van der Waals surface area contributed by atoms with Crippen molar-refractivity contribution in [3.05, 3.63) is 85.3 Å². The Bertz CT molecular complexity index is 1270. The van der Waals surface area contributed by atoms with Crippen molar-refractivity contribution in [3.63, 3.8) is 0 Å². The van der Waals surface area contributed by atoms with E-state index in [0.717, 1.165) is 24.8 Å². The number of fused-ring (bicyclic) bond motifs is 2. The number of carbonyl (C=O) groups is 2. The normalized spacial score (nSPS) is 18.6. The molecule has 0 spiro atoms. The van der Waals surface area contributed by atoms with Crippen LogP contribution in [0.25, 0.3) is 0 Å². The highest BCUT2D eigenvalue weighted by molar-refractivity contribution is 7.10. The maximum absolute atomic E-state index is 14.0. The van der Waals surface area contributed by atoms with Gasteiger partial charge in [-0.3, -0.25) is 9.59 Å². The highest BCUT2D eigenvalue weighted by Crippen LogP contribution is 2.41. The van der Waals surface area contributed by atoms with Gasteiger partial charge in [-0.2, -0.15) is 0 Å². The predicted octanol–water partition coefficient (Wildman–Crippen LogP) is 6.14. The molecule has 2 aliphatic rings. The van der Waals surface area contributed by atoms with Crippen LogP contribution in [0.15, 0.2) is 41.8 Å². The van der Waals surface area contributed by atoms with Crippen LogP contribution in [0.3, 0.4) is 0 Å². The van der Waals surface area contributed by atoms with Gasteiger partial charge in [0.2, 0.25) is 0 Å². The summed E-state index contributed by atoms with van der Waals surface area (Å²) in [7, 11) is 0. The van der Waals surface area contributed by atoms with Crippen LogP contribution in [0.1, 0.15) is 68.6 Å². The third-order valence-electron chi connectivity index (χ3n) is 6.34. The molecule has 4 nitrogen and oxygen atoms in total. The van der Waals surface area contributed by atoms with Crippen LogP contribution in [0, 0.1) is 11.2 Å². The van der Waals surface area contributed by atoms with Gasteiger partial charge < -0.3 is 10.6 Å². The molecule has 0 saturated carbocycles. The smallest absolute Gasteiger partial charge is 0.256 e. The number of aryl methyl sites for hydroxylation is 1. The third-order valence-corrected chi connectivity index (χ3v) is 7.77. The monoisotopic (exact) mass is 468 g/mol. The molecule has 7 heteroatoms. The zero-order valence-corrected chi connectivity index (χ0v) is 19.3. The zero-order chi connectivity index (χ0) is 22.6. The number of hydrogen-bond donors (Lipinski definition) is 2. The van der Waals surface area contributed by atoms with E-state index >= 15 is 0 Å². The van der Waals surface area contributed by atoms with Crippen molar-refractivity contribution in [2.75, 3.05) is 5.32 Å². The first-order valence-corrected chi connectivity index (χ1v) is 11.8. The standard InChI is InChI=1S/C25H22ClFN2O2S/c1-25(2)9-8-20-16(11-25)17(12-32-20)24(31)28-19-5-3-4-14-21(19)22(29-23(14)30)15-10-13(27)6-7-18(15)26/h3-7,10,12,22H,8-9,11H2,1-2H3,(H,28,31)(H,29,30). The molecule has 1 atom stereocenters. The van der Waals surface area contributed by atoms with E-state index in [1.54, 1.807) is 29.5 Å². The van der Waals surface area contributed by atoms with E-state index in [4.69, 9.17) is 11.6 Å². The Kier molecular flexibility index (Phi) is 5.10. The van der Waals surface area contributed by atoms with Gasteiger partial charge in [0.05, 0.1) is 11.6 Å². The molecule has 2 amide bonds. The average molecular weight is 469 g/mol. The van der Waals surface area contributed by atoms with Gasteiger partial charge in [0.15, 0.2) is 0 Å². The number of anilines is 1. The Morgan fingerprint density at radius 3 is 2.91 bits per heavy atom. The first-order chi connectivity index (χ1) is 15.2. The van der Waals surface area contributed by atoms with Crippen molar-refractivity contribution in [1.29, 1.82) is 0 Å². The molecule has 0 radical (unpaired) electrons. The Morgan fingerprint density at radius 1 is 1.28 bits per heavy atom. The van der Waals surface area contributed by atoms with Crippen LogP contribution in [0.5, 0.6) is 0 Å². The molecule has 0 saturated heterocycles. The van der Waals surface area contributed by atoms with Gasteiger partial charge in [-0.1, -0.05) is 31.5 Å². The van der Waals surface area contributed by atoms with E-state index in [0.29, 0.717) is 33.0 Å². The number of benzene rings is 2. The van der Waals surface area contributed by atoms with Gasteiger partial charge in [-0.05, 0) is 60.6 Å². The molecule has 164 valence electrons. The number of halogens is 2. The minimum atomic E-state index is -0.646. The van der Waals surface area contributed by atoms with Crippen molar-refractivity contribution >= 4 is 40.4 Å². The molecule has 2 N–H and O–H groups in total. The lowest BCUT2D eigenvalue weighted by Gasteiger charge is -2.30. The van der Waals surface area contributed by atoms with Crippen LogP contribution in [-0.4, -0.2) is 11.8 Å². The fraction of sp³-hybridized carbons (Fsp3) is 0.280. The summed E-state index contributed by atoms with van der Waals surface area (Å²) in [6.45, 7) is 4.45. The molecule has 0 bridgehead atoms. The molecule has 1 aliphatic heterocycles. The van der Waals surface area contributed by atoms with E-state index in [1.165, 1.54) is 23.1 Å². The quantitative estimate of drug-likeness (QED) is 0.485. The number of amides is 2. The maximum Gasteiger partial charge on any atom is 0.256 e. The fourth-order valence-electron chi connectivity index (χ4n) is 4.66. The minimum absolute atomic E-state index is 0.159. The van der Waals surface area contributed by atoms with Gasteiger partial charge in [0.1, 0.15) is 5.82 Å². The van der Waals surface area contributed by atoms with Gasteiger partial charge in [-0.15, -0.1) is 11.3 Å². The second kappa shape index (κ2) is 7.71. The summed E-state index contributed by atoms with van der Waals surface area (Å²) in [4.78, 5) is 27.2. The van der Waals surface area contributed by atoms with Gasteiger partial charge >= 0.3 is 0 Å². The van der Waals surface area contributed by atoms with Crippen molar-refractivity contribution in [3.8, 4) is 0 Å². The molecule has 1 aromatic heterocycles. The molecule has 1 unspecified atom stereocenters. The molecule has 3 aromatic rings. The van der Waals surface area contributed by atoms with Gasteiger partial charge in [-0.25, -0.2) is 4.39 Å². The number of rotatable bonds is 3. The average Bonchev–Trinajstić information content (AvgIpc) is 3.30. The van der Waals surface area contributed by atoms with Crippen LogP contribution in [0.2, 0.25) is 5.02 Å². The lowest BCUT2D eigenvalue weighted by molar-refractivity contribution is 0.0959. The Hall–Kier alpha value is -2.70. The Labute approximate surface area is 194 Å². The number of carbonyl (C=O) groups excluding carboxylic acids is 2. The summed E-state index contributed by atoms with van der Waals surface area (Å²) in [5.74, 6) is -0.922. The van der Waals surface area contributed by atoms with Crippen LogP contribution >= 0.6 is 22.9 Å². The molecule has 2 heterocycles. The van der Waals surface area contributed by atoms with E-state index in [9.17, 15) is 14.0 Å². The van der Waals surface area contributed by atoms with Crippen molar-refractivity contribution < 1.29 is 14.0 Å². The van der Waals surface area contributed by atoms with E-state index < -0.39 is 11.9 Å². The molecular weight excluding hydrogens is 447 g/mol. The summed E-state index contributed by atoms with van der Waals surface area (Å²) < 4.78 is 14.0. The molecule has 0 fully saturated rings. The fourth-order valence-corrected chi connectivity index (χ4v) is 5.94. The second-order valence-electron chi connectivity index (χ2n) is 9.19. The summed E-state index contributed by atoms with van der Waals surface area (Å²) in [5, 5.41) is 8.16. The summed E-state index contributed by atoms with van der Waals surface area (Å²) >= 11 is 7.96.